The summed E-state index contributed by atoms with van der Waals surface area (Å²) in [5.74, 6) is -5.29. The molecule has 0 aliphatic heterocycles. The fourth-order valence-electron chi connectivity index (χ4n) is 1.95. The van der Waals surface area contributed by atoms with E-state index >= 15 is 0 Å². The maximum Gasteiger partial charge on any atom is 0.453 e. The summed E-state index contributed by atoms with van der Waals surface area (Å²) in [4.78, 5) is 9.57. The minimum atomic E-state index is -4.97. The fourth-order valence-corrected chi connectivity index (χ4v) is 2.32. The van der Waals surface area contributed by atoms with Gasteiger partial charge >= 0.3 is 6.18 Å². The number of hydrogen-bond acceptors (Lipinski definition) is 6. The molecule has 0 aliphatic rings. The largest absolute Gasteiger partial charge is 0.453 e. The molecule has 0 spiro atoms. The lowest BCUT2D eigenvalue weighted by molar-refractivity contribution is -0.144. The minimum Gasteiger partial charge on any atom is -0.282 e. The number of aromatic nitrogens is 5. The summed E-state index contributed by atoms with van der Waals surface area (Å²) in [6.45, 7) is 0. The second kappa shape index (κ2) is 6.31. The van der Waals surface area contributed by atoms with Crippen molar-refractivity contribution in [2.45, 2.75) is 11.1 Å². The third-order valence-electron chi connectivity index (χ3n) is 3.14. The van der Waals surface area contributed by atoms with Crippen LogP contribution in [0.25, 0.3) is 17.3 Å². The van der Waals surface area contributed by atoms with Gasteiger partial charge < -0.3 is 0 Å². The Morgan fingerprint density at radius 2 is 1.67 bits per heavy atom. The van der Waals surface area contributed by atoms with Crippen LogP contribution in [0, 0.1) is 11.6 Å². The van der Waals surface area contributed by atoms with E-state index in [1.165, 1.54) is 0 Å². The van der Waals surface area contributed by atoms with Crippen LogP contribution in [0.15, 0.2) is 35.5 Å². The molecule has 0 amide bonds. The number of alkyl halides is 3. The van der Waals surface area contributed by atoms with Gasteiger partial charge in [-0.05, 0) is 18.2 Å². The smallest absolute Gasteiger partial charge is 0.282 e. The molecule has 0 radical (unpaired) electrons. The van der Waals surface area contributed by atoms with E-state index in [0.29, 0.717) is 29.2 Å². The summed E-state index contributed by atoms with van der Waals surface area (Å²) in [7, 11) is -4.63. The highest BCUT2D eigenvalue weighted by Crippen LogP contribution is 2.30. The van der Waals surface area contributed by atoms with E-state index < -0.39 is 50.4 Å². The molecule has 14 heteroatoms. The summed E-state index contributed by atoms with van der Waals surface area (Å²) in [6.07, 6.45) is -3.71. The lowest BCUT2D eigenvalue weighted by Gasteiger charge is -2.05. The van der Waals surface area contributed by atoms with Crippen LogP contribution in [0.4, 0.5) is 22.0 Å². The van der Waals surface area contributed by atoms with Crippen LogP contribution in [-0.2, 0) is 16.3 Å². The van der Waals surface area contributed by atoms with Crippen molar-refractivity contribution < 1.29 is 34.9 Å². The molecule has 0 aliphatic carbocycles. The first kappa shape index (κ1) is 18.8. The molecule has 8 nitrogen and oxygen atoms in total. The first-order valence-electron chi connectivity index (χ1n) is 6.76. The molecule has 27 heavy (non-hydrogen) atoms. The van der Waals surface area contributed by atoms with Gasteiger partial charge in [0.1, 0.15) is 4.90 Å². The number of hydrogen-bond donors (Lipinski definition) is 1. The highest BCUT2D eigenvalue weighted by Gasteiger charge is 2.38. The van der Waals surface area contributed by atoms with E-state index in [4.69, 9.17) is 4.55 Å². The second-order valence-electron chi connectivity index (χ2n) is 4.99. The van der Waals surface area contributed by atoms with E-state index in [0.717, 1.165) is 6.07 Å². The predicted molar refractivity (Wildman–Crippen MR) is 77.1 cm³/mol. The van der Waals surface area contributed by atoms with Crippen molar-refractivity contribution in [3.05, 3.63) is 48.1 Å². The van der Waals surface area contributed by atoms with E-state index in [1.807, 2.05) is 0 Å². The molecule has 0 saturated heterocycles. The highest BCUT2D eigenvalue weighted by molar-refractivity contribution is 7.85. The predicted octanol–water partition coefficient (Wildman–Crippen LogP) is 2.27. The summed E-state index contributed by atoms with van der Waals surface area (Å²) in [6, 6.07) is 2.24. The maximum absolute atomic E-state index is 13.4. The van der Waals surface area contributed by atoms with Crippen LogP contribution in [0.2, 0.25) is 0 Å². The van der Waals surface area contributed by atoms with E-state index in [9.17, 15) is 30.4 Å². The normalized spacial score (nSPS) is 12.4. The van der Waals surface area contributed by atoms with Crippen LogP contribution in [0.1, 0.15) is 5.82 Å². The van der Waals surface area contributed by atoms with Gasteiger partial charge in [-0.2, -0.15) is 26.3 Å². The van der Waals surface area contributed by atoms with Gasteiger partial charge in [0.05, 0.1) is 12.4 Å². The van der Waals surface area contributed by atoms with Crippen molar-refractivity contribution in [3.8, 4) is 17.3 Å². The Balaban J connectivity index is 2.19. The zero-order chi connectivity index (χ0) is 20.0. The SMILES string of the molecule is O=S(=O)(O)c1cnc(-n2nc(C(F)(F)F)nc2-c2ccc(F)c(F)c2)nc1. The molecule has 2 heterocycles. The molecule has 0 atom stereocenters. The quantitative estimate of drug-likeness (QED) is 0.524. The van der Waals surface area contributed by atoms with Gasteiger partial charge in [-0.25, -0.2) is 23.7 Å². The van der Waals surface area contributed by atoms with Gasteiger partial charge in [-0.15, -0.1) is 5.10 Å². The van der Waals surface area contributed by atoms with Gasteiger partial charge in [0.15, 0.2) is 17.5 Å². The van der Waals surface area contributed by atoms with Gasteiger partial charge in [0.2, 0.25) is 0 Å². The second-order valence-corrected chi connectivity index (χ2v) is 6.41. The number of nitrogens with zero attached hydrogens (tertiary/aromatic N) is 5. The molecule has 3 aromatic rings. The van der Waals surface area contributed by atoms with Crippen molar-refractivity contribution in [2.24, 2.45) is 0 Å². The van der Waals surface area contributed by atoms with Gasteiger partial charge in [-0.1, -0.05) is 0 Å². The van der Waals surface area contributed by atoms with Crippen LogP contribution < -0.4 is 0 Å². The van der Waals surface area contributed by atoms with E-state index in [-0.39, 0.29) is 5.56 Å². The Morgan fingerprint density at radius 3 is 2.19 bits per heavy atom. The lowest BCUT2D eigenvalue weighted by atomic mass is 10.2. The standard InChI is InChI=1S/C13H6F5N5O3S/c14-8-2-1-6(3-9(8)15)10-21-11(13(16,17)18)22-23(10)12-19-4-7(5-20-12)27(24,25)26/h1-5H,(H,24,25,26). The van der Waals surface area contributed by atoms with E-state index in [1.54, 1.807) is 0 Å². The number of benzene rings is 1. The average Bonchev–Trinajstić information content (AvgIpc) is 3.02. The monoisotopic (exact) mass is 407 g/mol. The molecule has 0 unspecified atom stereocenters. The van der Waals surface area contributed by atoms with Crippen molar-refractivity contribution >= 4 is 10.1 Å². The van der Waals surface area contributed by atoms with Crippen molar-refractivity contribution in [2.75, 3.05) is 0 Å². The summed E-state index contributed by atoms with van der Waals surface area (Å²) >= 11 is 0. The van der Waals surface area contributed by atoms with Crippen molar-refractivity contribution in [1.82, 2.24) is 24.7 Å². The Hall–Kier alpha value is -3.00. The van der Waals surface area contributed by atoms with Crippen LogP contribution >= 0.6 is 0 Å². The zero-order valence-electron chi connectivity index (χ0n) is 12.7. The fraction of sp³-hybridized carbons (Fsp3) is 0.0769. The molecule has 3 rings (SSSR count). The Labute approximate surface area is 147 Å². The Bertz CT molecular complexity index is 1110. The van der Waals surface area contributed by atoms with Crippen LogP contribution in [0.3, 0.4) is 0 Å². The molecule has 0 saturated carbocycles. The molecule has 142 valence electrons. The summed E-state index contributed by atoms with van der Waals surface area (Å²) < 4.78 is 96.7. The summed E-state index contributed by atoms with van der Waals surface area (Å²) in [5.41, 5.74) is -0.264. The zero-order valence-corrected chi connectivity index (χ0v) is 13.5. The van der Waals surface area contributed by atoms with Crippen LogP contribution in [-0.4, -0.2) is 37.7 Å². The maximum atomic E-state index is 13.4. The summed E-state index contributed by atoms with van der Waals surface area (Å²) in [5, 5.41) is 3.20. The first-order valence-corrected chi connectivity index (χ1v) is 8.20. The molecular weight excluding hydrogens is 401 g/mol. The molecule has 0 fully saturated rings. The third-order valence-corrected chi connectivity index (χ3v) is 3.95. The van der Waals surface area contributed by atoms with Crippen molar-refractivity contribution in [1.29, 1.82) is 0 Å². The third kappa shape index (κ3) is 3.75. The topological polar surface area (TPSA) is 111 Å². The number of halogens is 5. The molecule has 2 aromatic heterocycles. The van der Waals surface area contributed by atoms with Gasteiger partial charge in [0.25, 0.3) is 21.9 Å². The van der Waals surface area contributed by atoms with Gasteiger partial charge in [-0.3, -0.25) is 4.55 Å². The average molecular weight is 407 g/mol. The number of rotatable bonds is 3. The highest BCUT2D eigenvalue weighted by atomic mass is 32.2. The lowest BCUT2D eigenvalue weighted by Crippen LogP contribution is -2.10. The Morgan fingerprint density at radius 1 is 1.04 bits per heavy atom. The van der Waals surface area contributed by atoms with Gasteiger partial charge in [0, 0.05) is 5.56 Å². The first-order chi connectivity index (χ1) is 12.5. The molecule has 1 N–H and O–H groups in total. The minimum absolute atomic E-state index is 0.264. The molecular formula is C13H6F5N5O3S. The molecule has 0 bridgehead atoms. The molecule has 1 aromatic carbocycles. The Kier molecular flexibility index (Phi) is 4.39. The van der Waals surface area contributed by atoms with Crippen LogP contribution in [0.5, 0.6) is 0 Å². The van der Waals surface area contributed by atoms with Crippen molar-refractivity contribution in [3.63, 3.8) is 0 Å². The van der Waals surface area contributed by atoms with E-state index in [2.05, 4.69) is 20.1 Å².